The predicted molar refractivity (Wildman–Crippen MR) is 88.0 cm³/mol. The van der Waals surface area contributed by atoms with Gasteiger partial charge in [-0.3, -0.25) is 0 Å². The van der Waals surface area contributed by atoms with E-state index < -0.39 is 0 Å². The van der Waals surface area contributed by atoms with Gasteiger partial charge in [0.2, 0.25) is 0 Å². The number of aromatic nitrogens is 2. The van der Waals surface area contributed by atoms with E-state index in [1.54, 1.807) is 6.33 Å². The number of benzene rings is 4. The molecule has 0 aliphatic carbocycles. The quantitative estimate of drug-likeness (QED) is 0.297. The summed E-state index contributed by atoms with van der Waals surface area (Å²) in [4.78, 5) is 9.02. The summed E-state index contributed by atoms with van der Waals surface area (Å²) in [7, 11) is 0. The lowest BCUT2D eigenvalue weighted by molar-refractivity contribution is 1.27. The largest absolute Gasteiger partial charge is 0.236 e. The number of hydrogen-bond donors (Lipinski definition) is 0. The zero-order valence-electron chi connectivity index (χ0n) is 11.6. The van der Waals surface area contributed by atoms with E-state index in [0.29, 0.717) is 0 Å². The summed E-state index contributed by atoms with van der Waals surface area (Å²) in [5.41, 5.74) is 3.34. The van der Waals surface area contributed by atoms with Crippen molar-refractivity contribution in [1.29, 1.82) is 0 Å². The van der Waals surface area contributed by atoms with Crippen molar-refractivity contribution in [2.24, 2.45) is 0 Å². The van der Waals surface area contributed by atoms with Crippen molar-refractivity contribution in [3.8, 4) is 0 Å². The van der Waals surface area contributed by atoms with Gasteiger partial charge in [0.15, 0.2) is 0 Å². The molecule has 0 spiro atoms. The average Bonchev–Trinajstić information content (AvgIpc) is 2.51. The maximum atomic E-state index is 4.59. The Morgan fingerprint density at radius 1 is 0.762 bits per heavy atom. The molecule has 5 aromatic rings. The molecule has 0 aliphatic heterocycles. The minimum Gasteiger partial charge on any atom is -0.236 e. The first-order valence-electron chi connectivity index (χ1n) is 7.11. The molecular weight excluding hydrogens is 256 g/mol. The zero-order chi connectivity index (χ0) is 14.0. The molecule has 98 valence electrons. The second kappa shape index (κ2) is 3.67. The van der Waals surface area contributed by atoms with Gasteiger partial charge in [0.05, 0.1) is 11.0 Å². The monoisotopic (exact) mass is 268 g/mol. The summed E-state index contributed by atoms with van der Waals surface area (Å²) in [6, 6.07) is 17.3. The minimum absolute atomic E-state index is 1.02. The average molecular weight is 268 g/mol. The molecule has 2 nitrogen and oxygen atoms in total. The molecule has 2 heteroatoms. The van der Waals surface area contributed by atoms with Crippen molar-refractivity contribution in [1.82, 2.24) is 9.97 Å². The van der Waals surface area contributed by atoms with E-state index >= 15 is 0 Å². The normalized spacial score (nSPS) is 12.0. The Bertz CT molecular complexity index is 1140. The maximum Gasteiger partial charge on any atom is 0.116 e. The molecule has 0 unspecified atom stereocenters. The lowest BCUT2D eigenvalue weighted by atomic mass is 9.92. The van der Waals surface area contributed by atoms with Gasteiger partial charge in [-0.15, -0.1) is 0 Å². The van der Waals surface area contributed by atoms with Crippen molar-refractivity contribution in [2.75, 3.05) is 0 Å². The Hall–Kier alpha value is -2.74. The Balaban J connectivity index is 2.29. The highest BCUT2D eigenvalue weighted by Crippen LogP contribution is 2.38. The van der Waals surface area contributed by atoms with Crippen molar-refractivity contribution in [3.05, 3.63) is 60.4 Å². The van der Waals surface area contributed by atoms with Crippen LogP contribution in [0.1, 0.15) is 5.56 Å². The molecule has 0 fully saturated rings. The lowest BCUT2D eigenvalue weighted by Crippen LogP contribution is -1.91. The van der Waals surface area contributed by atoms with Crippen LogP contribution < -0.4 is 0 Å². The van der Waals surface area contributed by atoms with Crippen LogP contribution in [-0.2, 0) is 0 Å². The standard InChI is InChI=1S/C19H12N2/c1-11-8-12-4-2-5-13-14-6-3-7-16-18(14)19(21-10-20-16)15(9-11)17(12)13/h2-10H,1H3. The van der Waals surface area contributed by atoms with Gasteiger partial charge in [-0.25, -0.2) is 9.97 Å². The second-order valence-corrected chi connectivity index (χ2v) is 5.64. The van der Waals surface area contributed by atoms with E-state index in [0.717, 1.165) is 11.0 Å². The molecular formula is C19H12N2. The first kappa shape index (κ1) is 11.0. The summed E-state index contributed by atoms with van der Waals surface area (Å²) >= 11 is 0. The smallest absolute Gasteiger partial charge is 0.116 e. The van der Waals surface area contributed by atoms with E-state index in [4.69, 9.17) is 0 Å². The van der Waals surface area contributed by atoms with Crippen LogP contribution in [-0.4, -0.2) is 9.97 Å². The third-order valence-corrected chi connectivity index (χ3v) is 4.33. The van der Waals surface area contributed by atoms with E-state index in [1.807, 2.05) is 0 Å². The predicted octanol–water partition coefficient (Wildman–Crippen LogP) is 4.84. The van der Waals surface area contributed by atoms with Crippen molar-refractivity contribution < 1.29 is 0 Å². The third kappa shape index (κ3) is 1.32. The molecule has 5 rings (SSSR count). The fourth-order valence-corrected chi connectivity index (χ4v) is 3.53. The molecule has 0 amide bonds. The van der Waals surface area contributed by atoms with Crippen molar-refractivity contribution >= 4 is 43.4 Å². The van der Waals surface area contributed by atoms with Crippen molar-refractivity contribution in [3.63, 3.8) is 0 Å². The summed E-state index contributed by atoms with van der Waals surface area (Å²) < 4.78 is 0. The maximum absolute atomic E-state index is 4.59. The topological polar surface area (TPSA) is 25.8 Å². The first-order valence-corrected chi connectivity index (χ1v) is 7.11. The van der Waals surface area contributed by atoms with Gasteiger partial charge >= 0.3 is 0 Å². The Morgan fingerprint density at radius 2 is 1.57 bits per heavy atom. The zero-order valence-corrected chi connectivity index (χ0v) is 11.6. The lowest BCUT2D eigenvalue weighted by Gasteiger charge is -2.13. The van der Waals surface area contributed by atoms with Crippen LogP contribution in [0.5, 0.6) is 0 Å². The molecule has 0 bridgehead atoms. The van der Waals surface area contributed by atoms with Crippen LogP contribution in [0.3, 0.4) is 0 Å². The molecule has 0 atom stereocenters. The molecule has 0 radical (unpaired) electrons. The van der Waals surface area contributed by atoms with Crippen LogP contribution in [0.15, 0.2) is 54.9 Å². The molecule has 0 saturated heterocycles. The highest BCUT2D eigenvalue weighted by atomic mass is 14.8. The molecule has 0 saturated carbocycles. The molecule has 0 aliphatic rings. The minimum atomic E-state index is 1.02. The second-order valence-electron chi connectivity index (χ2n) is 5.64. The van der Waals surface area contributed by atoms with Crippen LogP contribution in [0, 0.1) is 6.92 Å². The van der Waals surface area contributed by atoms with E-state index in [-0.39, 0.29) is 0 Å². The van der Waals surface area contributed by atoms with Gasteiger partial charge < -0.3 is 0 Å². The fraction of sp³-hybridized carbons (Fsp3) is 0.0526. The molecule has 21 heavy (non-hydrogen) atoms. The molecule has 1 heterocycles. The number of rotatable bonds is 0. The van der Waals surface area contributed by atoms with Crippen LogP contribution in [0.2, 0.25) is 0 Å². The number of hydrogen-bond acceptors (Lipinski definition) is 2. The van der Waals surface area contributed by atoms with Gasteiger partial charge in [0.25, 0.3) is 0 Å². The molecule has 1 aromatic heterocycles. The van der Waals surface area contributed by atoms with Gasteiger partial charge in [0, 0.05) is 10.8 Å². The SMILES string of the molecule is Cc1cc2cccc3c4cccc5ncnc(c(c1)c23)c54. The van der Waals surface area contributed by atoms with E-state index in [1.165, 1.54) is 37.9 Å². The Labute approximate surface area is 121 Å². The van der Waals surface area contributed by atoms with E-state index in [9.17, 15) is 0 Å². The first-order chi connectivity index (χ1) is 10.3. The number of aryl methyl sites for hydroxylation is 1. The fourth-order valence-electron chi connectivity index (χ4n) is 3.53. The highest BCUT2D eigenvalue weighted by Gasteiger charge is 2.13. The summed E-state index contributed by atoms with van der Waals surface area (Å²) in [5.74, 6) is 0. The van der Waals surface area contributed by atoms with Gasteiger partial charge in [-0.1, -0.05) is 36.4 Å². The van der Waals surface area contributed by atoms with Crippen LogP contribution in [0.25, 0.3) is 43.4 Å². The third-order valence-electron chi connectivity index (χ3n) is 4.33. The van der Waals surface area contributed by atoms with Gasteiger partial charge in [-0.2, -0.15) is 0 Å². The number of fused-ring (bicyclic) bond motifs is 2. The summed E-state index contributed by atoms with van der Waals surface area (Å²) in [6.45, 7) is 2.14. The highest BCUT2D eigenvalue weighted by molar-refractivity contribution is 6.31. The van der Waals surface area contributed by atoms with Gasteiger partial charge in [-0.05, 0) is 46.2 Å². The molecule has 0 N–H and O–H groups in total. The Kier molecular flexibility index (Phi) is 1.92. The molecule has 4 aromatic carbocycles. The van der Waals surface area contributed by atoms with Crippen LogP contribution >= 0.6 is 0 Å². The van der Waals surface area contributed by atoms with Gasteiger partial charge in [0.1, 0.15) is 6.33 Å². The Morgan fingerprint density at radius 3 is 2.48 bits per heavy atom. The summed E-state index contributed by atoms with van der Waals surface area (Å²) in [5, 5.41) is 7.52. The number of nitrogens with zero attached hydrogens (tertiary/aromatic N) is 2. The van der Waals surface area contributed by atoms with Crippen molar-refractivity contribution in [2.45, 2.75) is 6.92 Å². The van der Waals surface area contributed by atoms with Crippen LogP contribution in [0.4, 0.5) is 0 Å². The van der Waals surface area contributed by atoms with E-state index in [2.05, 4.69) is 65.4 Å². The summed E-state index contributed by atoms with van der Waals surface area (Å²) in [6.07, 6.45) is 1.67.